The highest BCUT2D eigenvalue weighted by Crippen LogP contribution is 2.43. The quantitative estimate of drug-likeness (QED) is 0.201. The van der Waals surface area contributed by atoms with Gasteiger partial charge in [0.1, 0.15) is 0 Å². The Bertz CT molecular complexity index is 2080. The largest absolute Gasteiger partial charge is 0.396 e. The molecule has 0 spiro atoms. The molecule has 0 aliphatic heterocycles. The van der Waals surface area contributed by atoms with Gasteiger partial charge in [0, 0.05) is 51.4 Å². The van der Waals surface area contributed by atoms with Crippen LogP contribution in [0.25, 0.3) is 22.2 Å². The maximum Gasteiger partial charge on any atom is 0.0948 e. The number of allylic oxidation sites excluding steroid dienone is 4. The highest BCUT2D eigenvalue weighted by molar-refractivity contribution is 6.17. The number of aliphatic imine (C=N–C) groups is 1. The van der Waals surface area contributed by atoms with Crippen LogP contribution in [-0.4, -0.2) is 5.71 Å². The Morgan fingerprint density at radius 3 is 1.48 bits per heavy atom. The standard InChI is InChI=1S/C42H32N4/c43-41-36-25-13-15-30-16-14-26-37(40(30)36)42(41)44-38-29-35(45(31-17-5-1-6-18-31)32-19-7-2-8-20-32)27-28-39(38)46(33-21-9-3-10-22-33)34-23-11-4-12-24-34/h1-28H,29,43H2. The molecule has 0 heterocycles. The molecular weight excluding hydrogens is 560 g/mol. The minimum absolute atomic E-state index is 0.592. The normalized spacial score (nSPS) is 14.7. The van der Waals surface area contributed by atoms with E-state index in [-0.39, 0.29) is 0 Å². The SMILES string of the molecule is NC1=C(N=C2CC(N(c3ccccc3)c3ccccc3)=CC=C2N(c2ccccc2)c2ccccc2)c2cccc3cccc1c23. The van der Waals surface area contributed by atoms with Gasteiger partial charge in [0.25, 0.3) is 0 Å². The van der Waals surface area contributed by atoms with E-state index in [1.54, 1.807) is 0 Å². The van der Waals surface area contributed by atoms with Gasteiger partial charge in [-0.15, -0.1) is 0 Å². The molecule has 4 nitrogen and oxygen atoms in total. The van der Waals surface area contributed by atoms with Crippen molar-refractivity contribution in [3.8, 4) is 0 Å². The molecular formula is C42H32N4. The van der Waals surface area contributed by atoms with Gasteiger partial charge in [-0.25, -0.2) is 4.99 Å². The van der Waals surface area contributed by atoms with Crippen LogP contribution in [0, 0.1) is 0 Å². The lowest BCUT2D eigenvalue weighted by Crippen LogP contribution is -2.28. The van der Waals surface area contributed by atoms with Crippen molar-refractivity contribution in [1.29, 1.82) is 0 Å². The van der Waals surface area contributed by atoms with E-state index in [0.29, 0.717) is 12.1 Å². The molecule has 4 heteroatoms. The van der Waals surface area contributed by atoms with Crippen molar-refractivity contribution in [1.82, 2.24) is 0 Å². The Labute approximate surface area is 269 Å². The predicted molar refractivity (Wildman–Crippen MR) is 193 cm³/mol. The van der Waals surface area contributed by atoms with Crippen LogP contribution >= 0.6 is 0 Å². The molecule has 0 saturated carbocycles. The zero-order chi connectivity index (χ0) is 30.9. The van der Waals surface area contributed by atoms with Crippen LogP contribution in [0.2, 0.25) is 0 Å². The number of nitrogens with zero attached hydrogens (tertiary/aromatic N) is 3. The monoisotopic (exact) mass is 592 g/mol. The first-order chi connectivity index (χ1) is 22.8. The number of hydrogen-bond acceptors (Lipinski definition) is 4. The predicted octanol–water partition coefficient (Wildman–Crippen LogP) is 10.2. The van der Waals surface area contributed by atoms with Crippen LogP contribution < -0.4 is 15.5 Å². The molecule has 0 fully saturated rings. The molecule has 220 valence electrons. The van der Waals surface area contributed by atoms with E-state index in [1.807, 2.05) is 0 Å². The first kappa shape index (κ1) is 27.4. The third-order valence-electron chi connectivity index (χ3n) is 8.62. The summed E-state index contributed by atoms with van der Waals surface area (Å²) in [4.78, 5) is 10.1. The smallest absolute Gasteiger partial charge is 0.0948 e. The van der Waals surface area contributed by atoms with Gasteiger partial charge in [0.2, 0.25) is 0 Å². The maximum absolute atomic E-state index is 6.94. The van der Waals surface area contributed by atoms with E-state index in [0.717, 1.165) is 62.1 Å². The fourth-order valence-corrected chi connectivity index (χ4v) is 6.55. The van der Waals surface area contributed by atoms with Crippen molar-refractivity contribution in [3.63, 3.8) is 0 Å². The van der Waals surface area contributed by atoms with Gasteiger partial charge in [-0.2, -0.15) is 0 Å². The van der Waals surface area contributed by atoms with Gasteiger partial charge < -0.3 is 15.5 Å². The van der Waals surface area contributed by atoms with Crippen molar-refractivity contribution in [2.45, 2.75) is 6.42 Å². The van der Waals surface area contributed by atoms with E-state index < -0.39 is 0 Å². The zero-order valence-electron chi connectivity index (χ0n) is 25.3. The summed E-state index contributed by atoms with van der Waals surface area (Å²) < 4.78 is 0. The van der Waals surface area contributed by atoms with Crippen LogP contribution in [0.1, 0.15) is 17.5 Å². The van der Waals surface area contributed by atoms with Gasteiger partial charge in [0.15, 0.2) is 0 Å². The van der Waals surface area contributed by atoms with E-state index in [9.17, 15) is 0 Å². The molecule has 8 rings (SSSR count). The summed E-state index contributed by atoms with van der Waals surface area (Å²) in [6.07, 6.45) is 5.03. The molecule has 0 atom stereocenters. The molecule has 0 aromatic heterocycles. The Kier molecular flexibility index (Phi) is 7.01. The number of rotatable bonds is 7. The summed E-state index contributed by atoms with van der Waals surface area (Å²) in [5, 5.41) is 2.33. The molecule has 0 unspecified atom stereocenters. The Balaban J connectivity index is 1.34. The minimum atomic E-state index is 0.592. The second kappa shape index (κ2) is 11.8. The van der Waals surface area contributed by atoms with Crippen molar-refractivity contribution >= 4 is 50.6 Å². The molecule has 6 aromatic rings. The first-order valence-corrected chi connectivity index (χ1v) is 15.6. The number of nitrogens with two attached hydrogens (primary N) is 1. The average molecular weight is 593 g/mol. The van der Waals surface area contributed by atoms with Crippen LogP contribution in [0.15, 0.2) is 186 Å². The molecule has 2 N–H and O–H groups in total. The van der Waals surface area contributed by atoms with E-state index in [2.05, 4.69) is 180 Å². The van der Waals surface area contributed by atoms with Crippen molar-refractivity contribution in [3.05, 3.63) is 192 Å². The van der Waals surface area contributed by atoms with Gasteiger partial charge in [-0.1, -0.05) is 109 Å². The van der Waals surface area contributed by atoms with Gasteiger partial charge in [-0.3, -0.25) is 0 Å². The zero-order valence-corrected chi connectivity index (χ0v) is 25.3. The van der Waals surface area contributed by atoms with Gasteiger partial charge in [-0.05, 0) is 66.1 Å². The van der Waals surface area contributed by atoms with E-state index >= 15 is 0 Å². The van der Waals surface area contributed by atoms with Crippen LogP contribution in [0.5, 0.6) is 0 Å². The Morgan fingerprint density at radius 1 is 0.478 bits per heavy atom. The number of hydrogen-bond donors (Lipinski definition) is 1. The first-order valence-electron chi connectivity index (χ1n) is 15.6. The molecule has 2 aliphatic carbocycles. The highest BCUT2D eigenvalue weighted by Gasteiger charge is 2.29. The second-order valence-corrected chi connectivity index (χ2v) is 11.4. The fourth-order valence-electron chi connectivity index (χ4n) is 6.55. The topological polar surface area (TPSA) is 44.9 Å². The van der Waals surface area contributed by atoms with Crippen LogP contribution in [0.3, 0.4) is 0 Å². The summed E-state index contributed by atoms with van der Waals surface area (Å²) in [6.45, 7) is 0. The highest BCUT2D eigenvalue weighted by atomic mass is 15.2. The van der Waals surface area contributed by atoms with Crippen molar-refractivity contribution in [2.75, 3.05) is 9.80 Å². The average Bonchev–Trinajstić information content (AvgIpc) is 3.39. The minimum Gasteiger partial charge on any atom is -0.396 e. The second-order valence-electron chi connectivity index (χ2n) is 11.4. The van der Waals surface area contributed by atoms with Gasteiger partial charge >= 0.3 is 0 Å². The molecule has 0 radical (unpaired) electrons. The number of para-hydroxylation sites is 4. The third kappa shape index (κ3) is 4.86. The van der Waals surface area contributed by atoms with Gasteiger partial charge in [0.05, 0.1) is 22.8 Å². The molecule has 0 saturated heterocycles. The summed E-state index contributed by atoms with van der Waals surface area (Å²) >= 11 is 0. The molecule has 46 heavy (non-hydrogen) atoms. The summed E-state index contributed by atoms with van der Waals surface area (Å²) in [5.74, 6) is 0. The summed E-state index contributed by atoms with van der Waals surface area (Å²) in [7, 11) is 0. The van der Waals surface area contributed by atoms with Crippen LogP contribution in [0.4, 0.5) is 22.7 Å². The number of anilines is 4. The molecule has 0 amide bonds. The van der Waals surface area contributed by atoms with Crippen molar-refractivity contribution < 1.29 is 0 Å². The van der Waals surface area contributed by atoms with E-state index in [1.165, 1.54) is 5.39 Å². The van der Waals surface area contributed by atoms with E-state index in [4.69, 9.17) is 10.7 Å². The number of benzene rings is 6. The Morgan fingerprint density at radius 2 is 0.957 bits per heavy atom. The lowest BCUT2D eigenvalue weighted by Gasteiger charge is -2.34. The summed E-state index contributed by atoms with van der Waals surface area (Å²) in [6, 6.07) is 54.7. The summed E-state index contributed by atoms with van der Waals surface area (Å²) in [5.41, 5.74) is 18.0. The lowest BCUT2D eigenvalue weighted by molar-refractivity contribution is 1.07. The van der Waals surface area contributed by atoms with Crippen molar-refractivity contribution in [2.24, 2.45) is 10.7 Å². The molecule has 2 aliphatic rings. The fraction of sp³-hybridized carbons (Fsp3) is 0.0238. The lowest BCUT2D eigenvalue weighted by atomic mass is 9.99. The third-order valence-corrected chi connectivity index (χ3v) is 8.62. The Hall–Kier alpha value is -6.13. The molecule has 6 aromatic carbocycles. The molecule has 0 bridgehead atoms. The maximum atomic E-state index is 6.94. The van der Waals surface area contributed by atoms with Crippen LogP contribution in [-0.2, 0) is 0 Å².